The first-order valence-electron chi connectivity index (χ1n) is 10.6. The Morgan fingerprint density at radius 1 is 1.06 bits per heavy atom. The molecule has 0 spiro atoms. The van der Waals surface area contributed by atoms with Gasteiger partial charge in [0.05, 0.1) is 17.9 Å². The molecule has 0 aliphatic carbocycles. The van der Waals surface area contributed by atoms with Gasteiger partial charge in [0.25, 0.3) is 0 Å². The molecule has 192 valence electrons. The highest BCUT2D eigenvalue weighted by molar-refractivity contribution is 7.88. The molecule has 0 saturated heterocycles. The van der Waals surface area contributed by atoms with E-state index >= 15 is 0 Å². The molecule has 0 bridgehead atoms. The molecule has 1 atom stereocenters. The fourth-order valence-electron chi connectivity index (χ4n) is 3.36. The third-order valence-corrected chi connectivity index (χ3v) is 6.01. The van der Waals surface area contributed by atoms with Gasteiger partial charge in [-0.2, -0.15) is 13.2 Å². The number of nitrogens with zero attached hydrogens (tertiary/aromatic N) is 1. The number of nitrogens with one attached hydrogen (secondary N) is 2. The van der Waals surface area contributed by atoms with Crippen LogP contribution >= 0.6 is 0 Å². The summed E-state index contributed by atoms with van der Waals surface area (Å²) in [6.45, 7) is 1.11. The van der Waals surface area contributed by atoms with Crippen LogP contribution < -0.4 is 10.0 Å². The zero-order chi connectivity index (χ0) is 26.7. The van der Waals surface area contributed by atoms with Crippen molar-refractivity contribution in [1.29, 1.82) is 0 Å². The summed E-state index contributed by atoms with van der Waals surface area (Å²) in [6, 6.07) is 11.6. The van der Waals surface area contributed by atoms with Gasteiger partial charge in [-0.15, -0.1) is 0 Å². The van der Waals surface area contributed by atoms with Crippen LogP contribution in [0, 0.1) is 5.82 Å². The minimum absolute atomic E-state index is 0.0533. The normalized spacial score (nSPS) is 12.8. The summed E-state index contributed by atoms with van der Waals surface area (Å²) < 4.78 is 78.7. The molecular weight excluding hydrogens is 502 g/mol. The fraction of sp³-hybridized carbons (Fsp3) is 0.250. The van der Waals surface area contributed by atoms with Crippen molar-refractivity contribution in [2.75, 3.05) is 6.26 Å². The summed E-state index contributed by atoms with van der Waals surface area (Å²) in [4.78, 5) is 16.4. The Balaban J connectivity index is 1.78. The maximum Gasteiger partial charge on any atom is 0.433 e. The Morgan fingerprint density at radius 2 is 1.75 bits per heavy atom. The number of halogens is 4. The quantitative estimate of drug-likeness (QED) is 0.384. The van der Waals surface area contributed by atoms with Crippen LogP contribution in [0.15, 0.2) is 54.6 Å². The number of hydrogen-bond donors (Lipinski definition) is 3. The van der Waals surface area contributed by atoms with Crippen molar-refractivity contribution in [2.24, 2.45) is 0 Å². The summed E-state index contributed by atoms with van der Waals surface area (Å²) in [5, 5.41) is 12.4. The molecule has 0 aliphatic heterocycles. The Kier molecular flexibility index (Phi) is 7.99. The molecule has 1 heterocycles. The van der Waals surface area contributed by atoms with Gasteiger partial charge in [0.15, 0.2) is 0 Å². The van der Waals surface area contributed by atoms with E-state index in [4.69, 9.17) is 0 Å². The number of rotatable bonds is 8. The lowest BCUT2D eigenvalue weighted by Crippen LogP contribution is -2.28. The summed E-state index contributed by atoms with van der Waals surface area (Å²) >= 11 is 0. The average molecular weight is 526 g/mol. The molecule has 0 aliphatic rings. The van der Waals surface area contributed by atoms with Crippen molar-refractivity contribution >= 4 is 15.9 Å². The Bertz CT molecular complexity index is 1380. The van der Waals surface area contributed by atoms with Gasteiger partial charge in [0.2, 0.25) is 15.9 Å². The first-order valence-corrected chi connectivity index (χ1v) is 12.5. The largest absolute Gasteiger partial charge is 0.508 e. The van der Waals surface area contributed by atoms with E-state index in [0.717, 1.165) is 18.4 Å². The predicted octanol–water partition coefficient (Wildman–Crippen LogP) is 4.08. The number of amides is 1. The van der Waals surface area contributed by atoms with Gasteiger partial charge in [0, 0.05) is 24.2 Å². The van der Waals surface area contributed by atoms with Gasteiger partial charge in [-0.1, -0.05) is 30.3 Å². The number of hydrogen-bond acceptors (Lipinski definition) is 5. The molecule has 2 aromatic carbocycles. The molecule has 1 aromatic heterocycles. The molecule has 3 aromatic rings. The number of phenolic OH excluding ortho intramolecular Hbond substituents is 1. The van der Waals surface area contributed by atoms with E-state index in [2.05, 4.69) is 15.0 Å². The maximum atomic E-state index is 14.4. The highest BCUT2D eigenvalue weighted by atomic mass is 32.2. The molecule has 0 fully saturated rings. The molecule has 7 nitrogen and oxygen atoms in total. The number of alkyl halides is 3. The second kappa shape index (κ2) is 10.6. The van der Waals surface area contributed by atoms with Crippen LogP contribution in [0.4, 0.5) is 17.6 Å². The van der Waals surface area contributed by atoms with Gasteiger partial charge in [-0.3, -0.25) is 4.79 Å². The van der Waals surface area contributed by atoms with Crippen LogP contribution in [-0.2, 0) is 34.1 Å². The second-order valence-electron chi connectivity index (χ2n) is 8.14. The molecule has 0 radical (unpaired) electrons. The van der Waals surface area contributed by atoms with Crippen molar-refractivity contribution in [1.82, 2.24) is 15.0 Å². The first kappa shape index (κ1) is 27.1. The van der Waals surface area contributed by atoms with Crippen molar-refractivity contribution in [2.45, 2.75) is 32.1 Å². The lowest BCUT2D eigenvalue weighted by molar-refractivity contribution is -0.141. The number of pyridine rings is 1. The van der Waals surface area contributed by atoms with Gasteiger partial charge < -0.3 is 10.4 Å². The molecule has 1 unspecified atom stereocenters. The number of benzene rings is 2. The summed E-state index contributed by atoms with van der Waals surface area (Å²) in [6.07, 6.45) is -3.74. The standard InChI is InChI=1S/C24H23F4N3O4S/c1-14(15-6-7-17(20(25)11-15)13-30-36(2,34)35)23(33)29-12-18-8-9-21(24(26,27)28)31-22(18)16-4-3-5-19(32)10-16/h3-11,14,30,32H,12-13H2,1-2H3,(H,29,33). The lowest BCUT2D eigenvalue weighted by atomic mass is 9.98. The van der Waals surface area contributed by atoms with E-state index in [1.165, 1.54) is 49.4 Å². The topological polar surface area (TPSA) is 108 Å². The number of carbonyl (C=O) groups is 1. The second-order valence-corrected chi connectivity index (χ2v) is 9.97. The molecule has 0 saturated carbocycles. The molecule has 3 N–H and O–H groups in total. The molecule has 3 rings (SSSR count). The van der Waals surface area contributed by atoms with E-state index in [-0.39, 0.29) is 41.2 Å². The van der Waals surface area contributed by atoms with Crippen LogP contribution in [0.3, 0.4) is 0 Å². The Hall–Kier alpha value is -3.51. The third-order valence-electron chi connectivity index (χ3n) is 5.34. The summed E-state index contributed by atoms with van der Waals surface area (Å²) in [7, 11) is -3.51. The lowest BCUT2D eigenvalue weighted by Gasteiger charge is -2.16. The minimum Gasteiger partial charge on any atom is -0.508 e. The van der Waals surface area contributed by atoms with Crippen molar-refractivity contribution in [3.8, 4) is 17.0 Å². The zero-order valence-corrected chi connectivity index (χ0v) is 20.0. The van der Waals surface area contributed by atoms with Gasteiger partial charge in [-0.05, 0) is 42.3 Å². The van der Waals surface area contributed by atoms with Crippen molar-refractivity contribution in [3.63, 3.8) is 0 Å². The average Bonchev–Trinajstić information content (AvgIpc) is 2.80. The van der Waals surface area contributed by atoms with Crippen molar-refractivity contribution in [3.05, 3.63) is 82.8 Å². The van der Waals surface area contributed by atoms with E-state index in [1.807, 2.05) is 0 Å². The summed E-state index contributed by atoms with van der Waals surface area (Å²) in [5.74, 6) is -2.19. The smallest absolute Gasteiger partial charge is 0.433 e. The summed E-state index contributed by atoms with van der Waals surface area (Å²) in [5.41, 5.74) is -0.232. The van der Waals surface area contributed by atoms with E-state index in [9.17, 15) is 35.9 Å². The highest BCUT2D eigenvalue weighted by Crippen LogP contribution is 2.32. The first-order chi connectivity index (χ1) is 16.7. The van der Waals surface area contributed by atoms with Crippen LogP contribution in [-0.4, -0.2) is 30.7 Å². The van der Waals surface area contributed by atoms with E-state index in [0.29, 0.717) is 5.56 Å². The third kappa shape index (κ3) is 7.01. The van der Waals surface area contributed by atoms with Gasteiger partial charge in [0.1, 0.15) is 17.3 Å². The number of aromatic nitrogens is 1. The highest BCUT2D eigenvalue weighted by Gasteiger charge is 2.33. The number of carbonyl (C=O) groups excluding carboxylic acids is 1. The molecule has 1 amide bonds. The molecule has 36 heavy (non-hydrogen) atoms. The SMILES string of the molecule is CC(C(=O)NCc1ccc(C(F)(F)F)nc1-c1cccc(O)c1)c1ccc(CNS(C)(=O)=O)c(F)c1. The fourth-order valence-corrected chi connectivity index (χ4v) is 3.78. The van der Waals surface area contributed by atoms with E-state index in [1.54, 1.807) is 0 Å². The maximum absolute atomic E-state index is 14.4. The molecular formula is C24H23F4N3O4S. The monoisotopic (exact) mass is 525 g/mol. The Labute approximate surface area is 205 Å². The van der Waals surface area contributed by atoms with Crippen LogP contribution in [0.5, 0.6) is 5.75 Å². The number of phenols is 1. The van der Waals surface area contributed by atoms with Gasteiger partial charge in [-0.25, -0.2) is 22.5 Å². The van der Waals surface area contributed by atoms with E-state index < -0.39 is 39.5 Å². The van der Waals surface area contributed by atoms with Crippen molar-refractivity contribution < 1.29 is 35.9 Å². The number of sulfonamides is 1. The Morgan fingerprint density at radius 3 is 2.36 bits per heavy atom. The van der Waals surface area contributed by atoms with Crippen LogP contribution in [0.1, 0.15) is 35.2 Å². The van der Waals surface area contributed by atoms with Crippen LogP contribution in [0.2, 0.25) is 0 Å². The van der Waals surface area contributed by atoms with Crippen LogP contribution in [0.25, 0.3) is 11.3 Å². The minimum atomic E-state index is -4.69. The van der Waals surface area contributed by atoms with Gasteiger partial charge >= 0.3 is 6.18 Å². The molecule has 12 heteroatoms. The number of aromatic hydroxyl groups is 1. The predicted molar refractivity (Wildman–Crippen MR) is 125 cm³/mol. The zero-order valence-electron chi connectivity index (χ0n) is 19.2.